The summed E-state index contributed by atoms with van der Waals surface area (Å²) in [7, 11) is -2.01. The van der Waals surface area contributed by atoms with Crippen molar-refractivity contribution in [3.8, 4) is 0 Å². The summed E-state index contributed by atoms with van der Waals surface area (Å²) in [5.41, 5.74) is 1.03. The van der Waals surface area contributed by atoms with Crippen molar-refractivity contribution in [1.82, 2.24) is 4.72 Å². The summed E-state index contributed by atoms with van der Waals surface area (Å²) in [6, 6.07) is 11.9. The lowest BCUT2D eigenvalue weighted by atomic mass is 10.3. The van der Waals surface area contributed by atoms with Crippen LogP contribution in [0.2, 0.25) is 0 Å². The Balaban J connectivity index is 1.88. The highest BCUT2D eigenvalue weighted by Gasteiger charge is 2.15. The molecule has 0 bridgehead atoms. The van der Waals surface area contributed by atoms with Crippen molar-refractivity contribution in [2.75, 3.05) is 25.0 Å². The van der Waals surface area contributed by atoms with Crippen LogP contribution in [0.1, 0.15) is 6.42 Å². The van der Waals surface area contributed by atoms with Gasteiger partial charge in [0.2, 0.25) is 10.0 Å². The number of anilines is 1. The number of nitrogens with zero attached hydrogens (tertiary/aromatic N) is 1. The van der Waals surface area contributed by atoms with Gasteiger partial charge in [-0.05, 0) is 30.7 Å². The van der Waals surface area contributed by atoms with E-state index in [4.69, 9.17) is 0 Å². The lowest BCUT2D eigenvalue weighted by Crippen LogP contribution is -2.28. The van der Waals surface area contributed by atoms with Crippen molar-refractivity contribution in [3.05, 3.63) is 60.2 Å². The molecule has 124 valence electrons. The predicted octanol–water partition coefficient (Wildman–Crippen LogP) is 2.77. The maximum absolute atomic E-state index is 13.1. The largest absolute Gasteiger partial charge is 0.375 e. The molecule has 0 heterocycles. The molecule has 23 heavy (non-hydrogen) atoms. The Bertz CT molecular complexity index is 732. The van der Waals surface area contributed by atoms with E-state index >= 15 is 0 Å². The molecule has 0 aromatic heterocycles. The van der Waals surface area contributed by atoms with Crippen LogP contribution in [0.4, 0.5) is 14.5 Å². The van der Waals surface area contributed by atoms with E-state index in [-0.39, 0.29) is 6.54 Å². The normalized spacial score (nSPS) is 11.4. The van der Waals surface area contributed by atoms with Crippen LogP contribution in [-0.4, -0.2) is 28.6 Å². The highest BCUT2D eigenvalue weighted by Crippen LogP contribution is 2.14. The van der Waals surface area contributed by atoms with Crippen molar-refractivity contribution in [2.45, 2.75) is 11.3 Å². The summed E-state index contributed by atoms with van der Waals surface area (Å²) < 4.78 is 52.5. The zero-order valence-electron chi connectivity index (χ0n) is 12.7. The number of rotatable bonds is 7. The lowest BCUT2D eigenvalue weighted by Gasteiger charge is -2.19. The summed E-state index contributed by atoms with van der Waals surface area (Å²) in [4.78, 5) is 1.59. The van der Waals surface area contributed by atoms with E-state index in [0.29, 0.717) is 19.0 Å². The average molecular weight is 340 g/mol. The highest BCUT2D eigenvalue weighted by atomic mass is 32.2. The second kappa shape index (κ2) is 7.52. The minimum atomic E-state index is -3.92. The number of hydrogen-bond donors (Lipinski definition) is 1. The summed E-state index contributed by atoms with van der Waals surface area (Å²) in [6.45, 7) is 0.821. The van der Waals surface area contributed by atoms with Crippen LogP contribution in [0.3, 0.4) is 0 Å². The van der Waals surface area contributed by atoms with E-state index in [2.05, 4.69) is 4.72 Å². The molecule has 2 rings (SSSR count). The first-order chi connectivity index (χ1) is 10.9. The smallest absolute Gasteiger partial charge is 0.240 e. The molecule has 0 radical (unpaired) electrons. The number of benzene rings is 2. The molecule has 2 aromatic rings. The van der Waals surface area contributed by atoms with Gasteiger partial charge in [0.15, 0.2) is 0 Å². The van der Waals surface area contributed by atoms with E-state index in [0.717, 1.165) is 17.8 Å². The second-order valence-corrected chi connectivity index (χ2v) is 6.88. The van der Waals surface area contributed by atoms with E-state index in [1.165, 1.54) is 0 Å². The molecular formula is C16H18F2N2O2S. The van der Waals surface area contributed by atoms with Crippen LogP contribution in [0.5, 0.6) is 0 Å². The number of hydrogen-bond acceptors (Lipinski definition) is 3. The number of para-hydroxylation sites is 1. The molecule has 0 spiro atoms. The SMILES string of the molecule is CN(CCCNS(=O)(=O)c1cc(F)cc(F)c1)c1ccccc1. The molecule has 0 aliphatic rings. The predicted molar refractivity (Wildman–Crippen MR) is 85.9 cm³/mol. The van der Waals surface area contributed by atoms with Crippen LogP contribution in [0.15, 0.2) is 53.4 Å². The van der Waals surface area contributed by atoms with Crippen molar-refractivity contribution in [1.29, 1.82) is 0 Å². The Morgan fingerprint density at radius 1 is 1.04 bits per heavy atom. The molecule has 1 N–H and O–H groups in total. The van der Waals surface area contributed by atoms with Gasteiger partial charge in [-0.3, -0.25) is 0 Å². The first-order valence-electron chi connectivity index (χ1n) is 7.10. The lowest BCUT2D eigenvalue weighted by molar-refractivity contribution is 0.560. The molecule has 0 saturated heterocycles. The maximum atomic E-state index is 13.1. The van der Waals surface area contributed by atoms with E-state index in [1.54, 1.807) is 0 Å². The monoisotopic (exact) mass is 340 g/mol. The minimum Gasteiger partial charge on any atom is -0.375 e. The summed E-state index contributed by atoms with van der Waals surface area (Å²) in [5, 5.41) is 0. The molecule has 0 fully saturated rings. The number of halogens is 2. The maximum Gasteiger partial charge on any atom is 0.240 e. The third-order valence-electron chi connectivity index (χ3n) is 3.31. The van der Waals surface area contributed by atoms with E-state index < -0.39 is 26.6 Å². The molecule has 0 atom stereocenters. The molecule has 2 aromatic carbocycles. The van der Waals surface area contributed by atoms with E-state index in [9.17, 15) is 17.2 Å². The molecular weight excluding hydrogens is 322 g/mol. The Kier molecular flexibility index (Phi) is 5.68. The van der Waals surface area contributed by atoms with E-state index in [1.807, 2.05) is 42.3 Å². The van der Waals surface area contributed by atoms with Crippen LogP contribution in [0, 0.1) is 11.6 Å². The zero-order chi connectivity index (χ0) is 16.9. The summed E-state index contributed by atoms with van der Waals surface area (Å²) in [5.74, 6) is -1.84. The first kappa shape index (κ1) is 17.4. The van der Waals surface area contributed by atoms with Gasteiger partial charge in [0, 0.05) is 31.9 Å². The van der Waals surface area contributed by atoms with Crippen molar-refractivity contribution >= 4 is 15.7 Å². The van der Waals surface area contributed by atoms with Crippen molar-refractivity contribution in [2.24, 2.45) is 0 Å². The topological polar surface area (TPSA) is 49.4 Å². The fourth-order valence-corrected chi connectivity index (χ4v) is 3.22. The average Bonchev–Trinajstić information content (AvgIpc) is 2.51. The molecule has 4 nitrogen and oxygen atoms in total. The third kappa shape index (κ3) is 5.01. The summed E-state index contributed by atoms with van der Waals surface area (Å²) >= 11 is 0. The second-order valence-electron chi connectivity index (χ2n) is 5.11. The fraction of sp³-hybridized carbons (Fsp3) is 0.250. The molecule has 7 heteroatoms. The fourth-order valence-electron chi connectivity index (χ4n) is 2.10. The quantitative estimate of drug-likeness (QED) is 0.789. The molecule has 0 aliphatic heterocycles. The van der Waals surface area contributed by atoms with Crippen molar-refractivity contribution in [3.63, 3.8) is 0 Å². The van der Waals surface area contributed by atoms with Gasteiger partial charge in [0.25, 0.3) is 0 Å². The zero-order valence-corrected chi connectivity index (χ0v) is 13.5. The third-order valence-corrected chi connectivity index (χ3v) is 4.75. The minimum absolute atomic E-state index is 0.178. The van der Waals surface area contributed by atoms with Gasteiger partial charge in [-0.15, -0.1) is 0 Å². The molecule has 0 unspecified atom stereocenters. The Morgan fingerprint density at radius 3 is 2.26 bits per heavy atom. The van der Waals surface area contributed by atoms with Crippen LogP contribution < -0.4 is 9.62 Å². The van der Waals surface area contributed by atoms with Gasteiger partial charge in [0.1, 0.15) is 11.6 Å². The van der Waals surface area contributed by atoms with Gasteiger partial charge in [0.05, 0.1) is 4.90 Å². The van der Waals surface area contributed by atoms with Gasteiger partial charge in [-0.1, -0.05) is 18.2 Å². The number of sulfonamides is 1. The van der Waals surface area contributed by atoms with Crippen LogP contribution in [0.25, 0.3) is 0 Å². The van der Waals surface area contributed by atoms with Crippen LogP contribution in [-0.2, 0) is 10.0 Å². The number of nitrogens with one attached hydrogen (secondary N) is 1. The van der Waals surface area contributed by atoms with Gasteiger partial charge >= 0.3 is 0 Å². The summed E-state index contributed by atoms with van der Waals surface area (Å²) in [6.07, 6.45) is 0.558. The Morgan fingerprint density at radius 2 is 1.65 bits per heavy atom. The molecule has 0 aliphatic carbocycles. The highest BCUT2D eigenvalue weighted by molar-refractivity contribution is 7.89. The van der Waals surface area contributed by atoms with Crippen LogP contribution >= 0.6 is 0 Å². The molecule has 0 saturated carbocycles. The molecule has 0 amide bonds. The standard InChI is InChI=1S/C16H18F2N2O2S/c1-20(15-6-3-2-4-7-15)9-5-8-19-23(21,22)16-11-13(17)10-14(18)12-16/h2-4,6-7,10-12,19H,5,8-9H2,1H3. The van der Waals surface area contributed by atoms with Crippen molar-refractivity contribution < 1.29 is 17.2 Å². The van der Waals surface area contributed by atoms with Gasteiger partial charge < -0.3 is 4.90 Å². The Labute approximate surface area is 134 Å². The Hall–Kier alpha value is -1.99. The van der Waals surface area contributed by atoms with Gasteiger partial charge in [-0.2, -0.15) is 0 Å². The van der Waals surface area contributed by atoms with Gasteiger partial charge in [-0.25, -0.2) is 21.9 Å². The first-order valence-corrected chi connectivity index (χ1v) is 8.59.